The van der Waals surface area contributed by atoms with Crippen molar-refractivity contribution in [1.29, 1.82) is 0 Å². The third-order valence-electron chi connectivity index (χ3n) is 3.78. The average Bonchev–Trinajstić information content (AvgIpc) is 2.19. The molecule has 1 rings (SSSR count). The third-order valence-corrected chi connectivity index (χ3v) is 3.78. The van der Waals surface area contributed by atoms with Crippen molar-refractivity contribution in [2.75, 3.05) is 13.6 Å². The summed E-state index contributed by atoms with van der Waals surface area (Å²) in [7, 11) is 1.93. The zero-order valence-corrected chi connectivity index (χ0v) is 9.47. The van der Waals surface area contributed by atoms with E-state index >= 15 is 0 Å². The molecule has 0 aliphatic heterocycles. The van der Waals surface area contributed by atoms with Gasteiger partial charge in [0.1, 0.15) is 5.72 Å². The Morgan fingerprint density at radius 1 is 1.36 bits per heavy atom. The molecule has 0 heterocycles. The van der Waals surface area contributed by atoms with E-state index in [4.69, 9.17) is 5.73 Å². The predicted molar refractivity (Wildman–Crippen MR) is 58.9 cm³/mol. The van der Waals surface area contributed by atoms with Gasteiger partial charge in [-0.05, 0) is 26.3 Å². The number of nitrogens with one attached hydrogen (secondary N) is 1. The number of hydrogen-bond acceptors (Lipinski definition) is 3. The summed E-state index contributed by atoms with van der Waals surface area (Å²) in [6.45, 7) is 2.79. The predicted octanol–water partition coefficient (Wildman–Crippen LogP) is 1.21. The topological polar surface area (TPSA) is 58.3 Å². The fourth-order valence-electron chi connectivity index (χ4n) is 2.70. The van der Waals surface area contributed by atoms with Crippen LogP contribution >= 0.6 is 0 Å². The fraction of sp³-hybridized carbons (Fsp3) is 1.00. The Labute approximate surface area is 87.1 Å². The van der Waals surface area contributed by atoms with Gasteiger partial charge in [0.25, 0.3) is 0 Å². The highest BCUT2D eigenvalue weighted by atomic mass is 16.3. The minimum atomic E-state index is -1.00. The van der Waals surface area contributed by atoms with Gasteiger partial charge in [-0.25, -0.2) is 0 Å². The quantitative estimate of drug-likeness (QED) is 0.598. The van der Waals surface area contributed by atoms with E-state index in [-0.39, 0.29) is 5.41 Å². The second kappa shape index (κ2) is 4.60. The first-order chi connectivity index (χ1) is 6.58. The average molecular weight is 200 g/mol. The lowest BCUT2D eigenvalue weighted by atomic mass is 9.66. The van der Waals surface area contributed by atoms with E-state index in [0.29, 0.717) is 6.42 Å². The molecule has 3 heteroatoms. The van der Waals surface area contributed by atoms with E-state index in [2.05, 4.69) is 5.32 Å². The Morgan fingerprint density at radius 2 is 1.93 bits per heavy atom. The molecule has 0 radical (unpaired) electrons. The van der Waals surface area contributed by atoms with Gasteiger partial charge >= 0.3 is 0 Å². The van der Waals surface area contributed by atoms with Crippen LogP contribution in [0.15, 0.2) is 0 Å². The highest BCUT2D eigenvalue weighted by Gasteiger charge is 2.46. The molecule has 1 aliphatic carbocycles. The lowest BCUT2D eigenvalue weighted by Crippen LogP contribution is -2.59. The van der Waals surface area contributed by atoms with Crippen LogP contribution in [0.3, 0.4) is 0 Å². The summed E-state index contributed by atoms with van der Waals surface area (Å²) in [4.78, 5) is 0. The highest BCUT2D eigenvalue weighted by Crippen LogP contribution is 2.43. The van der Waals surface area contributed by atoms with Gasteiger partial charge in [0.2, 0.25) is 0 Å². The van der Waals surface area contributed by atoms with Crippen LogP contribution < -0.4 is 11.1 Å². The lowest BCUT2D eigenvalue weighted by molar-refractivity contribution is -0.101. The molecular weight excluding hydrogens is 176 g/mol. The molecule has 0 aromatic rings. The Balaban J connectivity index is 2.78. The van der Waals surface area contributed by atoms with Crippen LogP contribution in [0.1, 0.15) is 45.4 Å². The molecule has 0 spiro atoms. The second-order valence-corrected chi connectivity index (χ2v) is 4.65. The maximum atomic E-state index is 10.3. The molecule has 1 unspecified atom stereocenters. The van der Waals surface area contributed by atoms with Crippen LogP contribution in [0.25, 0.3) is 0 Å². The zero-order valence-electron chi connectivity index (χ0n) is 9.47. The molecule has 14 heavy (non-hydrogen) atoms. The van der Waals surface area contributed by atoms with Gasteiger partial charge in [-0.15, -0.1) is 0 Å². The molecule has 3 nitrogen and oxygen atoms in total. The molecule has 1 fully saturated rings. The van der Waals surface area contributed by atoms with Crippen molar-refractivity contribution >= 4 is 0 Å². The van der Waals surface area contributed by atoms with Gasteiger partial charge in [-0.1, -0.05) is 26.2 Å². The molecule has 0 bridgehead atoms. The second-order valence-electron chi connectivity index (χ2n) is 4.65. The molecule has 4 N–H and O–H groups in total. The summed E-state index contributed by atoms with van der Waals surface area (Å²) in [5, 5.41) is 13.4. The first-order valence-electron chi connectivity index (χ1n) is 5.74. The van der Waals surface area contributed by atoms with Crippen LogP contribution in [0.2, 0.25) is 0 Å². The molecule has 0 aromatic carbocycles. The Bertz CT molecular complexity index is 169. The summed E-state index contributed by atoms with van der Waals surface area (Å²) in [5.74, 6) is 0. The van der Waals surface area contributed by atoms with Crippen molar-refractivity contribution in [2.24, 2.45) is 11.1 Å². The van der Waals surface area contributed by atoms with Gasteiger partial charge < -0.3 is 16.2 Å². The van der Waals surface area contributed by atoms with Crippen molar-refractivity contribution in [2.45, 2.75) is 51.2 Å². The molecule has 0 saturated heterocycles. The minimum Gasteiger partial charge on any atom is -0.375 e. The van der Waals surface area contributed by atoms with Crippen LogP contribution in [-0.2, 0) is 0 Å². The number of nitrogens with two attached hydrogens (primary N) is 1. The molecule has 0 amide bonds. The highest BCUT2D eigenvalue weighted by molar-refractivity contribution is 4.97. The third kappa shape index (κ3) is 2.10. The van der Waals surface area contributed by atoms with Crippen LogP contribution in [0, 0.1) is 5.41 Å². The van der Waals surface area contributed by atoms with E-state index in [1.165, 1.54) is 19.3 Å². The van der Waals surface area contributed by atoms with Gasteiger partial charge in [-0.3, -0.25) is 0 Å². The largest absolute Gasteiger partial charge is 0.375 e. The summed E-state index contributed by atoms with van der Waals surface area (Å²) < 4.78 is 0. The van der Waals surface area contributed by atoms with Crippen molar-refractivity contribution in [3.8, 4) is 0 Å². The van der Waals surface area contributed by atoms with E-state index < -0.39 is 5.72 Å². The normalized spacial score (nSPS) is 25.7. The smallest absolute Gasteiger partial charge is 0.120 e. The van der Waals surface area contributed by atoms with Crippen molar-refractivity contribution in [1.82, 2.24) is 5.32 Å². The maximum absolute atomic E-state index is 10.3. The van der Waals surface area contributed by atoms with Gasteiger partial charge in [0.05, 0.1) is 0 Å². The van der Waals surface area contributed by atoms with E-state index in [0.717, 1.165) is 19.4 Å². The minimum absolute atomic E-state index is 0.102. The molecule has 0 aromatic heterocycles. The first-order valence-corrected chi connectivity index (χ1v) is 5.74. The molecule has 1 atom stereocenters. The Kier molecular flexibility index (Phi) is 3.93. The number of rotatable bonds is 4. The summed E-state index contributed by atoms with van der Waals surface area (Å²) in [6.07, 6.45) is 6.41. The Morgan fingerprint density at radius 3 is 2.36 bits per heavy atom. The lowest BCUT2D eigenvalue weighted by Gasteiger charge is -2.47. The van der Waals surface area contributed by atoms with Crippen LogP contribution in [-0.4, -0.2) is 24.4 Å². The van der Waals surface area contributed by atoms with E-state index in [1.807, 2.05) is 14.0 Å². The van der Waals surface area contributed by atoms with Crippen molar-refractivity contribution in [3.63, 3.8) is 0 Å². The van der Waals surface area contributed by atoms with Crippen LogP contribution in [0.4, 0.5) is 0 Å². The standard InChI is InChI=1S/C11H24N2O/c1-3-11(12,14)10(9-13-2)7-5-4-6-8-10/h13-14H,3-9,12H2,1-2H3. The Hall–Kier alpha value is -0.120. The van der Waals surface area contributed by atoms with Gasteiger partial charge in [0, 0.05) is 12.0 Å². The molecule has 84 valence electrons. The molecule has 1 saturated carbocycles. The molecule has 1 aliphatic rings. The fourth-order valence-corrected chi connectivity index (χ4v) is 2.70. The maximum Gasteiger partial charge on any atom is 0.120 e. The van der Waals surface area contributed by atoms with Crippen molar-refractivity contribution < 1.29 is 5.11 Å². The summed E-state index contributed by atoms with van der Waals surface area (Å²) in [5.41, 5.74) is 4.92. The van der Waals surface area contributed by atoms with Gasteiger partial charge in [0.15, 0.2) is 0 Å². The number of hydrogen-bond donors (Lipinski definition) is 3. The first kappa shape index (κ1) is 12.0. The molecular formula is C11H24N2O. The van der Waals surface area contributed by atoms with Crippen molar-refractivity contribution in [3.05, 3.63) is 0 Å². The monoisotopic (exact) mass is 200 g/mol. The van der Waals surface area contributed by atoms with Gasteiger partial charge in [-0.2, -0.15) is 0 Å². The SMILES string of the molecule is CCC(N)(O)C1(CNC)CCCCC1. The van der Waals surface area contributed by atoms with Crippen LogP contribution in [0.5, 0.6) is 0 Å². The van der Waals surface area contributed by atoms with E-state index in [1.54, 1.807) is 0 Å². The zero-order chi connectivity index (χ0) is 10.7. The summed E-state index contributed by atoms with van der Waals surface area (Å²) >= 11 is 0. The number of aliphatic hydroxyl groups is 1. The summed E-state index contributed by atoms with van der Waals surface area (Å²) in [6, 6.07) is 0. The van der Waals surface area contributed by atoms with E-state index in [9.17, 15) is 5.11 Å².